The topological polar surface area (TPSA) is 123 Å². The number of hydrogen-bond acceptors (Lipinski definition) is 8. The van der Waals surface area contributed by atoms with E-state index in [0.29, 0.717) is 51.6 Å². The Labute approximate surface area is 262 Å². The number of carbonyl (C=O) groups is 1. The molecule has 1 unspecified atom stereocenters. The number of hydrogen-bond donors (Lipinski definition) is 4. The zero-order valence-corrected chi connectivity index (χ0v) is 26.4. The van der Waals surface area contributed by atoms with E-state index in [0.717, 1.165) is 17.8 Å². The number of halogens is 2. The average molecular weight is 626 g/mol. The minimum atomic E-state index is -0.317. The Hall–Kier alpha value is -3.79. The van der Waals surface area contributed by atoms with Crippen molar-refractivity contribution in [2.24, 2.45) is 11.7 Å². The maximum absolute atomic E-state index is 12.1. The van der Waals surface area contributed by atoms with Crippen LogP contribution in [0.4, 0.5) is 17.3 Å². The van der Waals surface area contributed by atoms with Crippen LogP contribution >= 0.6 is 23.2 Å². The summed E-state index contributed by atoms with van der Waals surface area (Å²) in [6.45, 7) is 8.43. The van der Waals surface area contributed by atoms with Crippen LogP contribution in [0.25, 0.3) is 11.8 Å². The lowest BCUT2D eigenvalue weighted by molar-refractivity contribution is -0.111. The number of amides is 1. The molecule has 5 N–H and O–H groups in total. The van der Waals surface area contributed by atoms with Gasteiger partial charge in [0.1, 0.15) is 11.5 Å². The summed E-state index contributed by atoms with van der Waals surface area (Å²) in [5.41, 5.74) is 10.9. The first-order chi connectivity index (χ1) is 20.7. The molecule has 1 saturated carbocycles. The van der Waals surface area contributed by atoms with Gasteiger partial charge in [-0.25, -0.2) is 9.97 Å². The van der Waals surface area contributed by atoms with E-state index < -0.39 is 0 Å². The molecule has 9 nitrogen and oxygen atoms in total. The van der Waals surface area contributed by atoms with Crippen LogP contribution in [-0.4, -0.2) is 36.6 Å². The van der Waals surface area contributed by atoms with Gasteiger partial charge in [-0.1, -0.05) is 54.8 Å². The SMILES string of the molecule is C=CC(=O)Nc1cccc(C)c1Nc1ncc(/C=C(\N)c2c(Cl)c(OC)cc(OC)c2Cl)c(C(C)NCC2CCCC2)n1. The minimum Gasteiger partial charge on any atom is -0.495 e. The Morgan fingerprint density at radius 3 is 2.49 bits per heavy atom. The van der Waals surface area contributed by atoms with Gasteiger partial charge < -0.3 is 31.2 Å². The van der Waals surface area contributed by atoms with Gasteiger partial charge in [0.2, 0.25) is 11.9 Å². The number of nitrogens with zero attached hydrogens (tertiary/aromatic N) is 2. The van der Waals surface area contributed by atoms with Gasteiger partial charge in [0, 0.05) is 35.1 Å². The number of aromatic nitrogens is 2. The van der Waals surface area contributed by atoms with E-state index in [1.807, 2.05) is 19.1 Å². The first kappa shape index (κ1) is 32.1. The fourth-order valence-corrected chi connectivity index (χ4v) is 5.91. The number of rotatable bonds is 12. The molecule has 228 valence electrons. The predicted octanol–water partition coefficient (Wildman–Crippen LogP) is 7.27. The Morgan fingerprint density at radius 2 is 1.86 bits per heavy atom. The third kappa shape index (κ3) is 7.60. The molecule has 1 atom stereocenters. The summed E-state index contributed by atoms with van der Waals surface area (Å²) >= 11 is 13.3. The van der Waals surface area contributed by atoms with Gasteiger partial charge in [-0.3, -0.25) is 4.79 Å². The second kappa shape index (κ2) is 14.6. The first-order valence-corrected chi connectivity index (χ1v) is 14.9. The average Bonchev–Trinajstić information content (AvgIpc) is 3.52. The van der Waals surface area contributed by atoms with E-state index in [2.05, 4.69) is 34.4 Å². The van der Waals surface area contributed by atoms with Crippen LogP contribution in [0.15, 0.2) is 43.1 Å². The Bertz CT molecular complexity index is 1490. The molecule has 43 heavy (non-hydrogen) atoms. The molecule has 1 aliphatic carbocycles. The van der Waals surface area contributed by atoms with Gasteiger partial charge in [-0.15, -0.1) is 0 Å². The molecular weight excluding hydrogens is 587 g/mol. The maximum atomic E-state index is 12.1. The lowest BCUT2D eigenvalue weighted by atomic mass is 10.0. The third-order valence-electron chi connectivity index (χ3n) is 7.57. The van der Waals surface area contributed by atoms with Crippen molar-refractivity contribution >= 4 is 58.2 Å². The van der Waals surface area contributed by atoms with Crippen LogP contribution in [0, 0.1) is 12.8 Å². The molecule has 1 amide bonds. The molecule has 0 spiro atoms. The van der Waals surface area contributed by atoms with Crippen molar-refractivity contribution in [3.8, 4) is 11.5 Å². The Morgan fingerprint density at radius 1 is 1.19 bits per heavy atom. The number of nitrogens with one attached hydrogen (secondary N) is 3. The van der Waals surface area contributed by atoms with Gasteiger partial charge in [-0.05, 0) is 62.9 Å². The van der Waals surface area contributed by atoms with E-state index in [-0.39, 0.29) is 22.0 Å². The summed E-state index contributed by atoms with van der Waals surface area (Å²) in [4.78, 5) is 21.6. The highest BCUT2D eigenvalue weighted by Gasteiger charge is 2.22. The highest BCUT2D eigenvalue weighted by Crippen LogP contribution is 2.43. The van der Waals surface area contributed by atoms with Crippen LogP contribution in [0.1, 0.15) is 61.0 Å². The summed E-state index contributed by atoms with van der Waals surface area (Å²) in [7, 11) is 3.02. The summed E-state index contributed by atoms with van der Waals surface area (Å²) in [6.07, 6.45) is 9.64. The lowest BCUT2D eigenvalue weighted by Gasteiger charge is -2.20. The summed E-state index contributed by atoms with van der Waals surface area (Å²) in [5.74, 6) is 1.45. The molecule has 1 aromatic heterocycles. The number of ether oxygens (including phenoxy) is 2. The number of carbonyl (C=O) groups excluding carboxylic acids is 1. The van der Waals surface area contributed by atoms with Gasteiger partial charge in [0.15, 0.2) is 0 Å². The molecule has 2 aromatic carbocycles. The minimum absolute atomic E-state index is 0.134. The highest BCUT2D eigenvalue weighted by atomic mass is 35.5. The molecule has 0 aliphatic heterocycles. The molecule has 0 saturated heterocycles. The number of benzene rings is 2. The quantitative estimate of drug-likeness (QED) is 0.155. The summed E-state index contributed by atoms with van der Waals surface area (Å²) in [6, 6.07) is 7.08. The zero-order valence-electron chi connectivity index (χ0n) is 24.9. The van der Waals surface area contributed by atoms with Crippen molar-refractivity contribution in [2.75, 3.05) is 31.4 Å². The summed E-state index contributed by atoms with van der Waals surface area (Å²) in [5, 5.41) is 10.3. The van der Waals surface area contributed by atoms with Crippen LogP contribution in [0.5, 0.6) is 11.5 Å². The maximum Gasteiger partial charge on any atom is 0.247 e. The molecule has 11 heteroatoms. The van der Waals surface area contributed by atoms with Crippen molar-refractivity contribution in [2.45, 2.75) is 45.6 Å². The van der Waals surface area contributed by atoms with E-state index in [1.165, 1.54) is 46.0 Å². The molecule has 1 fully saturated rings. The zero-order chi connectivity index (χ0) is 31.1. The number of nitrogens with two attached hydrogens (primary N) is 1. The fourth-order valence-electron chi connectivity index (χ4n) is 5.19. The predicted molar refractivity (Wildman–Crippen MR) is 175 cm³/mol. The van der Waals surface area contributed by atoms with Gasteiger partial charge >= 0.3 is 0 Å². The largest absolute Gasteiger partial charge is 0.495 e. The molecule has 1 aliphatic rings. The van der Waals surface area contributed by atoms with Crippen LogP contribution in [0.2, 0.25) is 10.0 Å². The number of anilines is 3. The van der Waals surface area contributed by atoms with Crippen LogP contribution in [-0.2, 0) is 4.79 Å². The molecule has 4 rings (SSSR count). The normalized spacial score (nSPS) is 14.3. The highest BCUT2D eigenvalue weighted by molar-refractivity contribution is 6.39. The van der Waals surface area contributed by atoms with Crippen molar-refractivity contribution in [1.29, 1.82) is 0 Å². The molecular formula is C32H38Cl2N6O3. The molecule has 0 radical (unpaired) electrons. The smallest absolute Gasteiger partial charge is 0.247 e. The van der Waals surface area contributed by atoms with Gasteiger partial charge in [0.05, 0.1) is 41.3 Å². The van der Waals surface area contributed by atoms with E-state index >= 15 is 0 Å². The van der Waals surface area contributed by atoms with Crippen molar-refractivity contribution in [1.82, 2.24) is 15.3 Å². The molecule has 1 heterocycles. The first-order valence-electron chi connectivity index (χ1n) is 14.1. The monoisotopic (exact) mass is 624 g/mol. The number of para-hydroxylation sites is 1. The summed E-state index contributed by atoms with van der Waals surface area (Å²) < 4.78 is 10.8. The number of aryl methyl sites for hydroxylation is 1. The second-order valence-corrected chi connectivity index (χ2v) is 11.3. The second-order valence-electron chi connectivity index (χ2n) is 10.5. The van der Waals surface area contributed by atoms with Crippen molar-refractivity contribution < 1.29 is 14.3 Å². The van der Waals surface area contributed by atoms with E-state index in [9.17, 15) is 4.79 Å². The number of methoxy groups -OCH3 is 2. The lowest BCUT2D eigenvalue weighted by Crippen LogP contribution is -2.26. The molecule has 3 aromatic rings. The Balaban J connectivity index is 1.76. The van der Waals surface area contributed by atoms with Crippen molar-refractivity contribution in [3.05, 3.63) is 75.5 Å². The van der Waals surface area contributed by atoms with Gasteiger partial charge in [-0.2, -0.15) is 0 Å². The third-order valence-corrected chi connectivity index (χ3v) is 8.32. The molecule has 0 bridgehead atoms. The van der Waals surface area contributed by atoms with Crippen molar-refractivity contribution in [3.63, 3.8) is 0 Å². The standard InChI is InChI=1S/C32H38Cl2N6O3/c1-6-26(41)38-23-13-9-10-18(2)30(23)39-32-37-17-21(31(40-32)19(3)36-16-20-11-7-8-12-20)14-22(35)27-28(33)24(42-4)15-25(43-5)29(27)34/h6,9-10,13-15,17,19-20,36H,1,7-8,11-12,16,35H2,2-5H3,(H,38,41)(H,37,39,40)/b22-14-. The van der Waals surface area contributed by atoms with E-state index in [1.54, 1.807) is 24.4 Å². The van der Waals surface area contributed by atoms with Crippen LogP contribution in [0.3, 0.4) is 0 Å². The van der Waals surface area contributed by atoms with E-state index in [4.69, 9.17) is 43.4 Å². The fraction of sp³-hybridized carbons (Fsp3) is 0.344. The van der Waals surface area contributed by atoms with Gasteiger partial charge in [0.25, 0.3) is 0 Å². The van der Waals surface area contributed by atoms with Crippen LogP contribution < -0.4 is 31.2 Å². The Kier molecular flexibility index (Phi) is 10.9.